The van der Waals surface area contributed by atoms with E-state index in [-0.39, 0.29) is 6.61 Å². The maximum atomic E-state index is 12.8. The highest BCUT2D eigenvalue weighted by Gasteiger charge is 2.37. The Hall–Kier alpha value is -1.25. The summed E-state index contributed by atoms with van der Waals surface area (Å²) in [6, 6.07) is 0. The quantitative estimate of drug-likeness (QED) is 0.602. The Kier molecular flexibility index (Phi) is 5.43. The van der Waals surface area contributed by atoms with Crippen LogP contribution < -0.4 is 0 Å². The summed E-state index contributed by atoms with van der Waals surface area (Å²) in [5, 5.41) is 0. The molecule has 0 aliphatic heterocycles. The second kappa shape index (κ2) is 6.47. The molecule has 0 amide bonds. The number of alkyl halides is 5. The fourth-order valence-corrected chi connectivity index (χ4v) is 2.16. The molecule has 9 heteroatoms. The van der Waals surface area contributed by atoms with E-state index in [1.54, 1.807) is 0 Å². The van der Waals surface area contributed by atoms with Crippen molar-refractivity contribution in [1.82, 2.24) is 4.98 Å². The Balaban J connectivity index is 3.32. The lowest BCUT2D eigenvalue weighted by atomic mass is 10.1. The maximum Gasteiger partial charge on any atom is 0.434 e. The minimum atomic E-state index is -4.82. The zero-order chi connectivity index (χ0) is 15.5. The largest absolute Gasteiger partial charge is 0.466 e. The molecule has 0 aromatic carbocycles. The molecule has 0 bridgehead atoms. The Morgan fingerprint density at radius 1 is 1.45 bits per heavy atom. The van der Waals surface area contributed by atoms with Crippen LogP contribution in [0.5, 0.6) is 0 Å². The lowest BCUT2D eigenvalue weighted by Gasteiger charge is -2.15. The molecule has 1 aromatic rings. The zero-order valence-corrected chi connectivity index (χ0v) is 11.7. The van der Waals surface area contributed by atoms with Gasteiger partial charge in [-0.15, -0.1) is 0 Å². The van der Waals surface area contributed by atoms with Crippen molar-refractivity contribution in [2.45, 2.75) is 25.9 Å². The predicted molar refractivity (Wildman–Crippen MR) is 62.2 cm³/mol. The molecule has 0 fully saturated rings. The van der Waals surface area contributed by atoms with Crippen molar-refractivity contribution >= 4 is 21.9 Å². The highest BCUT2D eigenvalue weighted by atomic mass is 79.9. The van der Waals surface area contributed by atoms with Crippen molar-refractivity contribution in [2.75, 3.05) is 6.61 Å². The minimum absolute atomic E-state index is 0.00231. The Bertz CT molecular complexity index is 504. The van der Waals surface area contributed by atoms with Crippen LogP contribution in [0.25, 0.3) is 0 Å². The number of carbonyl (C=O) groups excluding carboxylic acids is 1. The molecule has 1 heterocycles. The molecule has 0 aliphatic carbocycles. The fourth-order valence-electron chi connectivity index (χ4n) is 1.46. The summed E-state index contributed by atoms with van der Waals surface area (Å²) in [6.45, 7) is 1.49. The van der Waals surface area contributed by atoms with Crippen molar-refractivity contribution in [1.29, 1.82) is 0 Å². The number of ether oxygens (including phenoxy) is 1. The molecule has 0 N–H and O–H groups in total. The molecule has 0 atom stereocenters. The number of nitrogens with zero attached hydrogens (tertiary/aromatic N) is 1. The SMILES string of the molecule is CCOC(=O)Cc1c(C(F)F)cnc(C(F)(F)F)c1Br. The number of carbonyl (C=O) groups is 1. The van der Waals surface area contributed by atoms with E-state index in [0.717, 1.165) is 0 Å². The number of hydrogen-bond donors (Lipinski definition) is 0. The van der Waals surface area contributed by atoms with E-state index in [4.69, 9.17) is 0 Å². The Morgan fingerprint density at radius 2 is 2.05 bits per heavy atom. The molecular weight excluding hydrogens is 353 g/mol. The van der Waals surface area contributed by atoms with Gasteiger partial charge in [-0.25, -0.2) is 8.78 Å². The van der Waals surface area contributed by atoms with E-state index >= 15 is 0 Å². The van der Waals surface area contributed by atoms with Gasteiger partial charge >= 0.3 is 12.1 Å². The number of pyridine rings is 1. The molecule has 3 nitrogen and oxygen atoms in total. The van der Waals surface area contributed by atoms with Gasteiger partial charge in [-0.05, 0) is 28.4 Å². The summed E-state index contributed by atoms with van der Waals surface area (Å²) in [5.74, 6) is -0.894. The van der Waals surface area contributed by atoms with E-state index in [9.17, 15) is 26.7 Å². The van der Waals surface area contributed by atoms with Crippen molar-refractivity contribution in [3.63, 3.8) is 0 Å². The summed E-state index contributed by atoms with van der Waals surface area (Å²) in [6.07, 6.45) is -8.14. The number of hydrogen-bond acceptors (Lipinski definition) is 3. The van der Waals surface area contributed by atoms with Gasteiger partial charge < -0.3 is 4.74 Å². The van der Waals surface area contributed by atoms with Crippen LogP contribution in [-0.2, 0) is 22.1 Å². The second-order valence-corrected chi connectivity index (χ2v) is 4.43. The average Bonchev–Trinajstić information content (AvgIpc) is 2.29. The van der Waals surface area contributed by atoms with Gasteiger partial charge in [0, 0.05) is 11.8 Å². The average molecular weight is 362 g/mol. The minimum Gasteiger partial charge on any atom is -0.466 e. The summed E-state index contributed by atoms with van der Waals surface area (Å²) in [7, 11) is 0. The van der Waals surface area contributed by atoms with Crippen LogP contribution in [0.3, 0.4) is 0 Å². The van der Waals surface area contributed by atoms with Gasteiger partial charge in [0.1, 0.15) is 0 Å². The van der Waals surface area contributed by atoms with E-state index in [1.807, 2.05) is 0 Å². The van der Waals surface area contributed by atoms with Crippen LogP contribution in [-0.4, -0.2) is 17.6 Å². The van der Waals surface area contributed by atoms with E-state index in [1.165, 1.54) is 6.92 Å². The first-order valence-electron chi connectivity index (χ1n) is 5.36. The first-order chi connectivity index (χ1) is 9.18. The predicted octanol–water partition coefficient (Wildman–Crippen LogP) is 3.91. The van der Waals surface area contributed by atoms with Gasteiger partial charge in [0.05, 0.1) is 17.5 Å². The van der Waals surface area contributed by atoms with E-state index in [2.05, 4.69) is 25.7 Å². The van der Waals surface area contributed by atoms with Crippen LogP contribution in [0, 0.1) is 0 Å². The molecule has 0 spiro atoms. The molecule has 112 valence electrons. The molecule has 1 rings (SSSR count). The highest BCUT2D eigenvalue weighted by Crippen LogP contribution is 2.38. The lowest BCUT2D eigenvalue weighted by Crippen LogP contribution is -2.15. The van der Waals surface area contributed by atoms with Crippen molar-refractivity contribution in [3.05, 3.63) is 27.5 Å². The normalized spacial score (nSPS) is 11.8. The third-order valence-electron chi connectivity index (χ3n) is 2.28. The third kappa shape index (κ3) is 3.87. The number of halogens is 6. The molecule has 20 heavy (non-hydrogen) atoms. The van der Waals surface area contributed by atoms with Crippen molar-refractivity contribution < 1.29 is 31.5 Å². The first-order valence-corrected chi connectivity index (χ1v) is 6.16. The number of esters is 1. The molecule has 0 unspecified atom stereocenters. The van der Waals surface area contributed by atoms with Crippen LogP contribution in [0.2, 0.25) is 0 Å². The summed E-state index contributed by atoms with van der Waals surface area (Å²) >= 11 is 2.59. The summed E-state index contributed by atoms with van der Waals surface area (Å²) < 4.78 is 67.4. The molecule has 0 saturated carbocycles. The molecule has 0 saturated heterocycles. The fraction of sp³-hybridized carbons (Fsp3) is 0.455. The van der Waals surface area contributed by atoms with Crippen LogP contribution in [0.1, 0.15) is 30.2 Å². The number of aromatic nitrogens is 1. The summed E-state index contributed by atoms with van der Waals surface area (Å²) in [4.78, 5) is 14.3. The lowest BCUT2D eigenvalue weighted by molar-refractivity contribution is -0.144. The van der Waals surface area contributed by atoms with Gasteiger partial charge in [-0.3, -0.25) is 9.78 Å². The second-order valence-electron chi connectivity index (χ2n) is 3.63. The highest BCUT2D eigenvalue weighted by molar-refractivity contribution is 9.10. The molecule has 0 aliphatic rings. The van der Waals surface area contributed by atoms with E-state index < -0.39 is 46.3 Å². The first kappa shape index (κ1) is 16.8. The third-order valence-corrected chi connectivity index (χ3v) is 3.14. The maximum absolute atomic E-state index is 12.8. The van der Waals surface area contributed by atoms with Gasteiger partial charge in [0.15, 0.2) is 5.69 Å². The van der Waals surface area contributed by atoms with Crippen molar-refractivity contribution in [2.24, 2.45) is 0 Å². The Morgan fingerprint density at radius 3 is 2.50 bits per heavy atom. The monoisotopic (exact) mass is 361 g/mol. The smallest absolute Gasteiger partial charge is 0.434 e. The topological polar surface area (TPSA) is 39.2 Å². The van der Waals surface area contributed by atoms with Gasteiger partial charge in [0.2, 0.25) is 0 Å². The van der Waals surface area contributed by atoms with Gasteiger partial charge in [0.25, 0.3) is 6.43 Å². The Labute approximate surface area is 119 Å². The molecular formula is C11H9BrF5NO2. The number of rotatable bonds is 4. The van der Waals surface area contributed by atoms with Gasteiger partial charge in [-0.2, -0.15) is 13.2 Å². The standard InChI is InChI=1S/C11H9BrF5NO2/c1-2-20-7(19)3-5-6(10(13)14)4-18-9(8(5)12)11(15,16)17/h4,10H,2-3H2,1H3. The molecule has 0 radical (unpaired) electrons. The zero-order valence-electron chi connectivity index (χ0n) is 10.1. The van der Waals surface area contributed by atoms with Crippen LogP contribution in [0.15, 0.2) is 10.7 Å². The van der Waals surface area contributed by atoms with Crippen molar-refractivity contribution in [3.8, 4) is 0 Å². The molecule has 1 aromatic heterocycles. The van der Waals surface area contributed by atoms with E-state index in [0.29, 0.717) is 6.20 Å². The van der Waals surface area contributed by atoms with Gasteiger partial charge in [-0.1, -0.05) is 0 Å². The van der Waals surface area contributed by atoms with Crippen LogP contribution >= 0.6 is 15.9 Å². The summed E-state index contributed by atoms with van der Waals surface area (Å²) in [5.41, 5.74) is -2.57. The van der Waals surface area contributed by atoms with Crippen LogP contribution in [0.4, 0.5) is 22.0 Å².